The Morgan fingerprint density at radius 2 is 1.97 bits per heavy atom. The second-order valence-electron chi connectivity index (χ2n) is 8.87. The molecule has 4 rings (SSSR count). The topological polar surface area (TPSA) is 80.3 Å². The van der Waals surface area contributed by atoms with Gasteiger partial charge in [-0.3, -0.25) is 14.6 Å². The first-order chi connectivity index (χ1) is 14.8. The van der Waals surface area contributed by atoms with Gasteiger partial charge in [-0.15, -0.1) is 0 Å². The van der Waals surface area contributed by atoms with Crippen molar-refractivity contribution in [3.05, 3.63) is 76.9 Å². The summed E-state index contributed by atoms with van der Waals surface area (Å²) in [6, 6.07) is 11.1. The third-order valence-corrected chi connectivity index (χ3v) is 5.85. The molecule has 2 aliphatic rings. The molecular formula is C25H27N3O3. The summed E-state index contributed by atoms with van der Waals surface area (Å²) in [6.45, 7) is 6.08. The summed E-state index contributed by atoms with van der Waals surface area (Å²) in [5.41, 5.74) is 4.08. The number of nitrogens with one attached hydrogen (secondary N) is 2. The molecule has 0 bridgehead atoms. The van der Waals surface area contributed by atoms with E-state index in [1.54, 1.807) is 31.6 Å². The SMILES string of the molecule is COc1ccccc1C1C(C(=O)Nc2cccnc2)=C(C)NC2=C1C(=O)CC(C)(C)C2. The fourth-order valence-corrected chi connectivity index (χ4v) is 4.59. The van der Waals surface area contributed by atoms with Gasteiger partial charge in [-0.05, 0) is 37.0 Å². The van der Waals surface area contributed by atoms with Gasteiger partial charge in [-0.25, -0.2) is 0 Å². The van der Waals surface area contributed by atoms with E-state index in [2.05, 4.69) is 29.5 Å². The predicted molar refractivity (Wildman–Crippen MR) is 119 cm³/mol. The molecule has 6 heteroatoms. The third kappa shape index (κ3) is 3.98. The van der Waals surface area contributed by atoms with Gasteiger partial charge in [-0.2, -0.15) is 0 Å². The van der Waals surface area contributed by atoms with Crippen LogP contribution in [0.15, 0.2) is 71.3 Å². The maximum Gasteiger partial charge on any atom is 0.254 e. The summed E-state index contributed by atoms with van der Waals surface area (Å²) in [4.78, 5) is 30.9. The van der Waals surface area contributed by atoms with Gasteiger partial charge in [0.2, 0.25) is 0 Å². The zero-order valence-corrected chi connectivity index (χ0v) is 18.3. The minimum absolute atomic E-state index is 0.0637. The van der Waals surface area contributed by atoms with Crippen molar-refractivity contribution in [2.45, 2.75) is 39.5 Å². The molecule has 1 amide bonds. The number of para-hydroxylation sites is 1. The number of aromatic nitrogens is 1. The average Bonchev–Trinajstić information content (AvgIpc) is 2.72. The quantitative estimate of drug-likeness (QED) is 0.774. The normalized spacial score (nSPS) is 20.1. The number of hydrogen-bond donors (Lipinski definition) is 2. The first-order valence-corrected chi connectivity index (χ1v) is 10.4. The highest BCUT2D eigenvalue weighted by molar-refractivity contribution is 6.10. The molecule has 2 heterocycles. The van der Waals surface area contributed by atoms with Crippen LogP contribution in [-0.2, 0) is 9.59 Å². The summed E-state index contributed by atoms with van der Waals surface area (Å²) >= 11 is 0. The van der Waals surface area contributed by atoms with Crippen LogP contribution in [0.5, 0.6) is 5.75 Å². The Balaban J connectivity index is 1.85. The Bertz CT molecular complexity index is 1100. The van der Waals surface area contributed by atoms with Gasteiger partial charge in [0.15, 0.2) is 5.78 Å². The predicted octanol–water partition coefficient (Wildman–Crippen LogP) is 4.33. The number of nitrogens with zero attached hydrogens (tertiary/aromatic N) is 1. The van der Waals surface area contributed by atoms with E-state index in [0.717, 1.165) is 23.4 Å². The average molecular weight is 418 g/mol. The van der Waals surface area contributed by atoms with Gasteiger partial charge < -0.3 is 15.4 Å². The van der Waals surface area contributed by atoms with Gasteiger partial charge in [0, 0.05) is 40.7 Å². The summed E-state index contributed by atoms with van der Waals surface area (Å²) in [6.07, 6.45) is 4.44. The number of carbonyl (C=O) groups excluding carboxylic acids is 2. The maximum atomic E-state index is 13.5. The van der Waals surface area contributed by atoms with Gasteiger partial charge in [0.05, 0.1) is 24.9 Å². The van der Waals surface area contributed by atoms with Crippen molar-refractivity contribution in [1.82, 2.24) is 10.3 Å². The lowest BCUT2D eigenvalue weighted by atomic mass is 9.68. The summed E-state index contributed by atoms with van der Waals surface area (Å²) in [7, 11) is 1.60. The number of ketones is 1. The molecule has 0 fully saturated rings. The number of benzene rings is 1. The highest BCUT2D eigenvalue weighted by Crippen LogP contribution is 2.48. The standard InChI is InChI=1S/C25H27N3O3/c1-15-21(24(30)28-16-8-7-11-26-14-16)22(17-9-5-6-10-20(17)31-4)23-18(27-15)12-25(2,3)13-19(23)29/h5-11,14,22,27H,12-13H2,1-4H3,(H,28,30). The van der Waals surface area contributed by atoms with E-state index in [1.807, 2.05) is 31.2 Å². The van der Waals surface area contributed by atoms with Crippen LogP contribution in [0.4, 0.5) is 5.69 Å². The van der Waals surface area contributed by atoms with Crippen molar-refractivity contribution >= 4 is 17.4 Å². The van der Waals surface area contributed by atoms with E-state index in [0.29, 0.717) is 29.0 Å². The zero-order valence-electron chi connectivity index (χ0n) is 18.3. The first kappa shape index (κ1) is 20.8. The number of dihydropyridines is 1. The molecule has 0 radical (unpaired) electrons. The lowest BCUT2D eigenvalue weighted by Gasteiger charge is -2.39. The molecule has 1 aromatic heterocycles. The van der Waals surface area contributed by atoms with Gasteiger partial charge in [-0.1, -0.05) is 32.0 Å². The van der Waals surface area contributed by atoms with Crippen molar-refractivity contribution in [2.75, 3.05) is 12.4 Å². The number of amides is 1. The number of rotatable bonds is 4. The summed E-state index contributed by atoms with van der Waals surface area (Å²) < 4.78 is 5.62. The number of anilines is 1. The minimum Gasteiger partial charge on any atom is -0.496 e. The fraction of sp³-hybridized carbons (Fsp3) is 0.320. The van der Waals surface area contributed by atoms with Crippen LogP contribution in [0, 0.1) is 5.41 Å². The molecule has 0 spiro atoms. The number of carbonyl (C=O) groups is 2. The Labute approximate surface area is 182 Å². The van der Waals surface area contributed by atoms with E-state index >= 15 is 0 Å². The van der Waals surface area contributed by atoms with E-state index in [-0.39, 0.29) is 17.1 Å². The molecule has 2 N–H and O–H groups in total. The molecular weight excluding hydrogens is 390 g/mol. The summed E-state index contributed by atoms with van der Waals surface area (Å²) in [5, 5.41) is 6.31. The molecule has 1 aliphatic heterocycles. The number of allylic oxidation sites excluding steroid dienone is 3. The van der Waals surface area contributed by atoms with Crippen LogP contribution < -0.4 is 15.4 Å². The number of ether oxygens (including phenoxy) is 1. The minimum atomic E-state index is -0.507. The maximum absolute atomic E-state index is 13.5. The largest absolute Gasteiger partial charge is 0.496 e. The lowest BCUT2D eigenvalue weighted by molar-refractivity contribution is -0.118. The lowest BCUT2D eigenvalue weighted by Crippen LogP contribution is -2.39. The van der Waals surface area contributed by atoms with Crippen LogP contribution >= 0.6 is 0 Å². The highest BCUT2D eigenvalue weighted by atomic mass is 16.5. The van der Waals surface area contributed by atoms with Crippen molar-refractivity contribution in [3.8, 4) is 5.75 Å². The smallest absolute Gasteiger partial charge is 0.254 e. The second kappa shape index (κ2) is 8.02. The number of Topliss-reactive ketones (excluding diaryl/α,β-unsaturated/α-hetero) is 1. The molecule has 160 valence electrons. The molecule has 0 saturated heterocycles. The summed E-state index contributed by atoms with van der Waals surface area (Å²) in [5.74, 6) is -0.0574. The second-order valence-corrected chi connectivity index (χ2v) is 8.87. The molecule has 31 heavy (non-hydrogen) atoms. The highest BCUT2D eigenvalue weighted by Gasteiger charge is 2.43. The van der Waals surface area contributed by atoms with Crippen LogP contribution in [-0.4, -0.2) is 23.8 Å². The molecule has 1 unspecified atom stereocenters. The van der Waals surface area contributed by atoms with Crippen molar-refractivity contribution in [3.63, 3.8) is 0 Å². The van der Waals surface area contributed by atoms with Crippen LogP contribution in [0.1, 0.15) is 45.1 Å². The Kier molecular flexibility index (Phi) is 5.39. The molecule has 1 aromatic carbocycles. The third-order valence-electron chi connectivity index (χ3n) is 5.85. The Morgan fingerprint density at radius 3 is 2.68 bits per heavy atom. The molecule has 0 saturated carbocycles. The molecule has 1 aliphatic carbocycles. The molecule has 2 aromatic rings. The van der Waals surface area contributed by atoms with Gasteiger partial charge in [0.1, 0.15) is 5.75 Å². The van der Waals surface area contributed by atoms with E-state index in [4.69, 9.17) is 4.74 Å². The first-order valence-electron chi connectivity index (χ1n) is 10.4. The van der Waals surface area contributed by atoms with Crippen molar-refractivity contribution in [2.24, 2.45) is 5.41 Å². The monoisotopic (exact) mass is 417 g/mol. The number of hydrogen-bond acceptors (Lipinski definition) is 5. The Morgan fingerprint density at radius 1 is 1.19 bits per heavy atom. The zero-order chi connectivity index (χ0) is 22.2. The molecule has 1 atom stereocenters. The fourth-order valence-electron chi connectivity index (χ4n) is 4.59. The van der Waals surface area contributed by atoms with Crippen LogP contribution in [0.2, 0.25) is 0 Å². The van der Waals surface area contributed by atoms with Crippen molar-refractivity contribution in [1.29, 1.82) is 0 Å². The number of methoxy groups -OCH3 is 1. The Hall–Kier alpha value is -3.41. The van der Waals surface area contributed by atoms with Gasteiger partial charge >= 0.3 is 0 Å². The van der Waals surface area contributed by atoms with Crippen molar-refractivity contribution < 1.29 is 14.3 Å². The van der Waals surface area contributed by atoms with Gasteiger partial charge in [0.25, 0.3) is 5.91 Å². The van der Waals surface area contributed by atoms with Crippen LogP contribution in [0.3, 0.4) is 0 Å². The van der Waals surface area contributed by atoms with E-state index in [1.165, 1.54) is 0 Å². The van der Waals surface area contributed by atoms with E-state index in [9.17, 15) is 9.59 Å². The van der Waals surface area contributed by atoms with E-state index < -0.39 is 5.92 Å². The molecule has 6 nitrogen and oxygen atoms in total. The number of pyridine rings is 1. The van der Waals surface area contributed by atoms with Crippen LogP contribution in [0.25, 0.3) is 0 Å².